The van der Waals surface area contributed by atoms with Crippen molar-refractivity contribution in [3.8, 4) is 0 Å². The van der Waals surface area contributed by atoms with Crippen LogP contribution in [-0.4, -0.2) is 41.3 Å². The van der Waals surface area contributed by atoms with E-state index in [9.17, 15) is 8.42 Å². The fourth-order valence-corrected chi connectivity index (χ4v) is 2.73. The van der Waals surface area contributed by atoms with Gasteiger partial charge in [0.2, 0.25) is 15.3 Å². The number of halogens is 1. The molecule has 0 amide bonds. The van der Waals surface area contributed by atoms with Gasteiger partial charge in [-0.25, -0.2) is 22.7 Å². The van der Waals surface area contributed by atoms with Gasteiger partial charge in [-0.2, -0.15) is 0 Å². The number of aromatic nitrogens is 3. The fourth-order valence-electron chi connectivity index (χ4n) is 1.57. The van der Waals surface area contributed by atoms with Crippen LogP contribution < -0.4 is 0 Å². The molecule has 0 aliphatic heterocycles. The Morgan fingerprint density at radius 1 is 1.20 bits per heavy atom. The van der Waals surface area contributed by atoms with E-state index < -0.39 is 10.0 Å². The Labute approximate surface area is 122 Å². The standard InChI is InChI=1S/C12H13ClN4O2S/c1-17(7-4-10-2-5-14-6-3-10)20(18,19)11-8-15-12(13)16-9-11/h2-3,5-6,8-9H,4,7H2,1H3. The Morgan fingerprint density at radius 3 is 2.40 bits per heavy atom. The molecule has 20 heavy (non-hydrogen) atoms. The van der Waals surface area contributed by atoms with Gasteiger partial charge in [-0.15, -0.1) is 0 Å². The summed E-state index contributed by atoms with van der Waals surface area (Å²) in [5.74, 6) is 0. The van der Waals surface area contributed by atoms with Gasteiger partial charge in [-0.1, -0.05) is 0 Å². The van der Waals surface area contributed by atoms with Crippen LogP contribution in [0.15, 0.2) is 41.8 Å². The third-order valence-corrected chi connectivity index (χ3v) is 4.77. The molecule has 2 heterocycles. The number of sulfonamides is 1. The molecule has 0 bridgehead atoms. The third-order valence-electron chi connectivity index (χ3n) is 2.77. The minimum Gasteiger partial charge on any atom is -0.265 e. The number of rotatable bonds is 5. The molecule has 2 rings (SSSR count). The van der Waals surface area contributed by atoms with Crippen LogP contribution in [0, 0.1) is 0 Å². The smallest absolute Gasteiger partial charge is 0.245 e. The van der Waals surface area contributed by atoms with Crippen molar-refractivity contribution in [1.29, 1.82) is 0 Å². The first-order chi connectivity index (χ1) is 9.50. The first kappa shape index (κ1) is 14.8. The molecule has 2 aromatic rings. The predicted molar refractivity (Wildman–Crippen MR) is 74.8 cm³/mol. The molecular weight excluding hydrogens is 300 g/mol. The van der Waals surface area contributed by atoms with Gasteiger partial charge in [-0.3, -0.25) is 4.98 Å². The zero-order valence-electron chi connectivity index (χ0n) is 10.8. The molecule has 6 nitrogen and oxygen atoms in total. The van der Waals surface area contributed by atoms with Crippen LogP contribution in [0.2, 0.25) is 5.28 Å². The van der Waals surface area contributed by atoms with Crippen molar-refractivity contribution in [3.63, 3.8) is 0 Å². The molecule has 0 radical (unpaired) electrons. The van der Waals surface area contributed by atoms with E-state index in [0.717, 1.165) is 5.56 Å². The molecule has 106 valence electrons. The molecule has 0 fully saturated rings. The largest absolute Gasteiger partial charge is 0.265 e. The van der Waals surface area contributed by atoms with Gasteiger partial charge >= 0.3 is 0 Å². The van der Waals surface area contributed by atoms with Crippen molar-refractivity contribution in [3.05, 3.63) is 47.8 Å². The number of hydrogen-bond donors (Lipinski definition) is 0. The maximum Gasteiger partial charge on any atom is 0.245 e. The average molecular weight is 313 g/mol. The Balaban J connectivity index is 2.08. The summed E-state index contributed by atoms with van der Waals surface area (Å²) in [6, 6.07) is 3.71. The maximum atomic E-state index is 12.3. The number of pyridine rings is 1. The van der Waals surface area contributed by atoms with Crippen LogP contribution in [0.1, 0.15) is 5.56 Å². The predicted octanol–water partition coefficient (Wildman–Crippen LogP) is 1.39. The second-order valence-electron chi connectivity index (χ2n) is 4.12. The topological polar surface area (TPSA) is 76.1 Å². The van der Waals surface area contributed by atoms with E-state index in [1.807, 2.05) is 12.1 Å². The second kappa shape index (κ2) is 6.25. The summed E-state index contributed by atoms with van der Waals surface area (Å²) in [5.41, 5.74) is 1.02. The lowest BCUT2D eigenvalue weighted by Gasteiger charge is -2.16. The number of nitrogens with zero attached hydrogens (tertiary/aromatic N) is 4. The van der Waals surface area contributed by atoms with Crippen LogP contribution in [0.25, 0.3) is 0 Å². The Bertz CT molecular complexity index is 662. The Hall–Kier alpha value is -1.57. The van der Waals surface area contributed by atoms with Crippen LogP contribution in [0.5, 0.6) is 0 Å². The number of hydrogen-bond acceptors (Lipinski definition) is 5. The van der Waals surface area contributed by atoms with E-state index in [-0.39, 0.29) is 10.2 Å². The quantitative estimate of drug-likeness (QED) is 0.780. The van der Waals surface area contributed by atoms with Gasteiger partial charge in [0.15, 0.2) is 0 Å². The second-order valence-corrected chi connectivity index (χ2v) is 6.50. The van der Waals surface area contributed by atoms with E-state index in [2.05, 4.69) is 15.0 Å². The molecule has 0 saturated heterocycles. The van der Waals surface area contributed by atoms with E-state index in [1.54, 1.807) is 12.4 Å². The molecule has 0 N–H and O–H groups in total. The van der Waals surface area contributed by atoms with E-state index in [0.29, 0.717) is 13.0 Å². The van der Waals surface area contributed by atoms with Crippen molar-refractivity contribution < 1.29 is 8.42 Å². The molecule has 0 aromatic carbocycles. The molecule has 0 spiro atoms. The van der Waals surface area contributed by atoms with Gasteiger partial charge in [-0.05, 0) is 35.7 Å². The minimum absolute atomic E-state index is 0.0170. The van der Waals surface area contributed by atoms with Gasteiger partial charge in [0.05, 0.1) is 12.4 Å². The summed E-state index contributed by atoms with van der Waals surface area (Å²) in [6.07, 6.45) is 6.36. The highest BCUT2D eigenvalue weighted by atomic mass is 35.5. The third kappa shape index (κ3) is 3.50. The molecule has 2 aromatic heterocycles. The van der Waals surface area contributed by atoms with E-state index >= 15 is 0 Å². The molecule has 8 heteroatoms. The SMILES string of the molecule is CN(CCc1ccncc1)S(=O)(=O)c1cnc(Cl)nc1. The lowest BCUT2D eigenvalue weighted by molar-refractivity contribution is 0.472. The number of likely N-dealkylation sites (N-methyl/N-ethyl adjacent to an activating group) is 1. The average Bonchev–Trinajstić information content (AvgIpc) is 2.46. The van der Waals surface area contributed by atoms with Crippen molar-refractivity contribution in [1.82, 2.24) is 19.3 Å². The van der Waals surface area contributed by atoms with Crippen LogP contribution in [0.4, 0.5) is 0 Å². The molecule has 0 aliphatic rings. The van der Waals surface area contributed by atoms with Crippen LogP contribution in [-0.2, 0) is 16.4 Å². The highest BCUT2D eigenvalue weighted by molar-refractivity contribution is 7.89. The lowest BCUT2D eigenvalue weighted by atomic mass is 10.2. The monoisotopic (exact) mass is 312 g/mol. The van der Waals surface area contributed by atoms with Gasteiger partial charge < -0.3 is 0 Å². The molecular formula is C12H13ClN4O2S. The van der Waals surface area contributed by atoms with E-state index in [4.69, 9.17) is 11.6 Å². The molecule has 0 unspecified atom stereocenters. The van der Waals surface area contributed by atoms with Crippen molar-refractivity contribution in [2.75, 3.05) is 13.6 Å². The first-order valence-corrected chi connectivity index (χ1v) is 7.65. The minimum atomic E-state index is -3.59. The maximum absolute atomic E-state index is 12.3. The fraction of sp³-hybridized carbons (Fsp3) is 0.250. The van der Waals surface area contributed by atoms with Crippen LogP contribution >= 0.6 is 11.6 Å². The lowest BCUT2D eigenvalue weighted by Crippen LogP contribution is -2.29. The molecule has 0 atom stereocenters. The zero-order valence-corrected chi connectivity index (χ0v) is 12.3. The Morgan fingerprint density at radius 2 is 1.80 bits per heavy atom. The summed E-state index contributed by atoms with van der Waals surface area (Å²) >= 11 is 5.55. The van der Waals surface area contributed by atoms with Crippen molar-refractivity contribution in [2.24, 2.45) is 0 Å². The first-order valence-electron chi connectivity index (χ1n) is 5.83. The summed E-state index contributed by atoms with van der Waals surface area (Å²) in [5, 5.41) is 0.0170. The van der Waals surface area contributed by atoms with Gasteiger partial charge in [0.25, 0.3) is 0 Å². The zero-order chi connectivity index (χ0) is 14.6. The van der Waals surface area contributed by atoms with Crippen molar-refractivity contribution in [2.45, 2.75) is 11.3 Å². The Kier molecular flexibility index (Phi) is 4.64. The van der Waals surface area contributed by atoms with Crippen molar-refractivity contribution >= 4 is 21.6 Å². The van der Waals surface area contributed by atoms with E-state index in [1.165, 1.54) is 23.7 Å². The van der Waals surface area contributed by atoms with Crippen LogP contribution in [0.3, 0.4) is 0 Å². The summed E-state index contributed by atoms with van der Waals surface area (Å²) in [6.45, 7) is 0.356. The summed E-state index contributed by atoms with van der Waals surface area (Å²) in [4.78, 5) is 11.3. The molecule has 0 saturated carbocycles. The summed E-state index contributed by atoms with van der Waals surface area (Å²) < 4.78 is 25.8. The summed E-state index contributed by atoms with van der Waals surface area (Å²) in [7, 11) is -2.07. The highest BCUT2D eigenvalue weighted by Gasteiger charge is 2.21. The molecule has 0 aliphatic carbocycles. The highest BCUT2D eigenvalue weighted by Crippen LogP contribution is 2.13. The van der Waals surface area contributed by atoms with Gasteiger partial charge in [0.1, 0.15) is 4.90 Å². The van der Waals surface area contributed by atoms with Gasteiger partial charge in [0, 0.05) is 26.0 Å². The normalized spacial score (nSPS) is 11.8.